The summed E-state index contributed by atoms with van der Waals surface area (Å²) in [6.45, 7) is -1.70. The standard InChI is InChI=1S/C20H16F2O7/c1-10-14(23)5-4-13-12(8-17(24)29-18(10)13)9-27-19(25)11-3-6-15(28-20(21)22)16(7-11)26-2/h3-8,20,23H,9H2,1-2H3. The monoisotopic (exact) mass is 406 g/mol. The van der Waals surface area contributed by atoms with Gasteiger partial charge in [0.15, 0.2) is 11.5 Å². The molecular formula is C20H16F2O7. The average Bonchev–Trinajstić information content (AvgIpc) is 2.68. The second-order valence-corrected chi connectivity index (χ2v) is 6.00. The Kier molecular flexibility index (Phi) is 5.67. The smallest absolute Gasteiger partial charge is 0.387 e. The molecule has 0 aliphatic heterocycles. The second-order valence-electron chi connectivity index (χ2n) is 6.00. The van der Waals surface area contributed by atoms with E-state index in [1.54, 1.807) is 13.0 Å². The molecule has 0 fully saturated rings. The van der Waals surface area contributed by atoms with Crippen molar-refractivity contribution in [2.45, 2.75) is 20.1 Å². The van der Waals surface area contributed by atoms with E-state index < -0.39 is 18.2 Å². The first-order valence-corrected chi connectivity index (χ1v) is 8.35. The zero-order valence-corrected chi connectivity index (χ0v) is 15.4. The predicted molar refractivity (Wildman–Crippen MR) is 97.6 cm³/mol. The number of alkyl halides is 2. The molecule has 1 aromatic heterocycles. The number of aromatic hydroxyl groups is 1. The molecule has 0 saturated carbocycles. The number of hydrogen-bond acceptors (Lipinski definition) is 7. The molecule has 0 atom stereocenters. The minimum absolute atomic E-state index is 0.0343. The number of fused-ring (bicyclic) bond motifs is 1. The summed E-state index contributed by atoms with van der Waals surface area (Å²) in [5.74, 6) is -1.07. The fourth-order valence-corrected chi connectivity index (χ4v) is 2.75. The molecule has 1 heterocycles. The third-order valence-electron chi connectivity index (χ3n) is 4.19. The van der Waals surface area contributed by atoms with Crippen LogP contribution in [0.4, 0.5) is 8.78 Å². The maximum absolute atomic E-state index is 12.4. The molecule has 152 valence electrons. The van der Waals surface area contributed by atoms with Crippen LogP contribution in [0.5, 0.6) is 17.2 Å². The Morgan fingerprint density at radius 1 is 1.17 bits per heavy atom. The zero-order valence-electron chi connectivity index (χ0n) is 15.4. The third-order valence-corrected chi connectivity index (χ3v) is 4.19. The van der Waals surface area contributed by atoms with Crippen LogP contribution in [0.1, 0.15) is 21.5 Å². The van der Waals surface area contributed by atoms with Gasteiger partial charge < -0.3 is 23.7 Å². The van der Waals surface area contributed by atoms with Crippen molar-refractivity contribution in [3.8, 4) is 17.2 Å². The Bertz CT molecular complexity index is 1120. The molecule has 1 N–H and O–H groups in total. The van der Waals surface area contributed by atoms with Crippen molar-refractivity contribution >= 4 is 16.9 Å². The van der Waals surface area contributed by atoms with Crippen molar-refractivity contribution in [1.29, 1.82) is 0 Å². The quantitative estimate of drug-likeness (QED) is 0.492. The molecule has 9 heteroatoms. The highest BCUT2D eigenvalue weighted by Crippen LogP contribution is 2.30. The molecule has 0 aliphatic carbocycles. The van der Waals surface area contributed by atoms with E-state index in [1.807, 2.05) is 0 Å². The first-order chi connectivity index (χ1) is 13.8. The number of esters is 1. The number of carbonyl (C=O) groups excluding carboxylic acids is 1. The number of halogens is 2. The predicted octanol–water partition coefficient (Wildman–Crippen LogP) is 3.77. The van der Waals surface area contributed by atoms with Crippen LogP contribution in [0.3, 0.4) is 0 Å². The van der Waals surface area contributed by atoms with Gasteiger partial charge in [-0.3, -0.25) is 0 Å². The summed E-state index contributed by atoms with van der Waals surface area (Å²) in [5.41, 5.74) is 0.347. The average molecular weight is 406 g/mol. The molecule has 3 rings (SSSR count). The molecule has 0 saturated heterocycles. The third kappa shape index (κ3) is 4.29. The van der Waals surface area contributed by atoms with Crippen molar-refractivity contribution in [2.75, 3.05) is 7.11 Å². The number of phenolic OH excluding ortho intramolecular Hbond substituents is 1. The molecule has 2 aromatic carbocycles. The first-order valence-electron chi connectivity index (χ1n) is 8.35. The molecule has 0 radical (unpaired) electrons. The van der Waals surface area contributed by atoms with Gasteiger partial charge >= 0.3 is 18.2 Å². The Morgan fingerprint density at radius 3 is 2.62 bits per heavy atom. The van der Waals surface area contributed by atoms with Crippen LogP contribution in [0, 0.1) is 6.92 Å². The van der Waals surface area contributed by atoms with Crippen molar-refractivity contribution in [3.05, 3.63) is 63.5 Å². The normalized spacial score (nSPS) is 10.9. The van der Waals surface area contributed by atoms with E-state index >= 15 is 0 Å². The lowest BCUT2D eigenvalue weighted by Crippen LogP contribution is -2.09. The minimum Gasteiger partial charge on any atom is -0.508 e. The highest BCUT2D eigenvalue weighted by Gasteiger charge is 2.17. The van der Waals surface area contributed by atoms with Gasteiger partial charge in [0.25, 0.3) is 0 Å². The summed E-state index contributed by atoms with van der Waals surface area (Å²) in [6, 6.07) is 7.80. The summed E-state index contributed by atoms with van der Waals surface area (Å²) in [6.07, 6.45) is 0. The van der Waals surface area contributed by atoms with E-state index in [2.05, 4.69) is 4.74 Å². The Balaban J connectivity index is 1.84. The van der Waals surface area contributed by atoms with Gasteiger partial charge in [-0.05, 0) is 37.3 Å². The lowest BCUT2D eigenvalue weighted by atomic mass is 10.1. The van der Waals surface area contributed by atoms with Crippen molar-refractivity contribution < 1.29 is 37.3 Å². The summed E-state index contributed by atoms with van der Waals surface area (Å²) in [4.78, 5) is 24.2. The van der Waals surface area contributed by atoms with Crippen LogP contribution < -0.4 is 15.1 Å². The minimum atomic E-state index is -3.04. The van der Waals surface area contributed by atoms with Crippen LogP contribution in [0.25, 0.3) is 11.0 Å². The lowest BCUT2D eigenvalue weighted by Gasteiger charge is -2.12. The maximum Gasteiger partial charge on any atom is 0.387 e. The Morgan fingerprint density at radius 2 is 1.93 bits per heavy atom. The molecule has 0 unspecified atom stereocenters. The van der Waals surface area contributed by atoms with Gasteiger partial charge in [0.1, 0.15) is 17.9 Å². The Labute approximate surface area is 163 Å². The van der Waals surface area contributed by atoms with Crippen molar-refractivity contribution in [3.63, 3.8) is 0 Å². The van der Waals surface area contributed by atoms with Gasteiger partial charge in [-0.2, -0.15) is 8.78 Å². The highest BCUT2D eigenvalue weighted by molar-refractivity contribution is 5.90. The van der Waals surface area contributed by atoms with Gasteiger partial charge in [0, 0.05) is 22.6 Å². The molecule has 29 heavy (non-hydrogen) atoms. The van der Waals surface area contributed by atoms with Gasteiger partial charge in [-0.15, -0.1) is 0 Å². The number of aryl methyl sites for hydroxylation is 1. The van der Waals surface area contributed by atoms with Crippen LogP contribution >= 0.6 is 0 Å². The molecule has 0 bridgehead atoms. The molecule has 0 amide bonds. The molecule has 0 aliphatic rings. The Hall–Kier alpha value is -3.62. The maximum atomic E-state index is 12.4. The van der Waals surface area contributed by atoms with Gasteiger partial charge in [0.2, 0.25) is 0 Å². The fraction of sp³-hybridized carbons (Fsp3) is 0.200. The van der Waals surface area contributed by atoms with Crippen LogP contribution in [-0.2, 0) is 11.3 Å². The second kappa shape index (κ2) is 8.17. The molecule has 3 aromatic rings. The number of hydrogen-bond donors (Lipinski definition) is 1. The number of rotatable bonds is 6. The largest absolute Gasteiger partial charge is 0.508 e. The van der Waals surface area contributed by atoms with E-state index in [-0.39, 0.29) is 35.0 Å². The van der Waals surface area contributed by atoms with Gasteiger partial charge in [-0.1, -0.05) is 0 Å². The van der Waals surface area contributed by atoms with Crippen molar-refractivity contribution in [2.24, 2.45) is 0 Å². The van der Waals surface area contributed by atoms with E-state index in [4.69, 9.17) is 13.9 Å². The van der Waals surface area contributed by atoms with Gasteiger partial charge in [-0.25, -0.2) is 9.59 Å². The van der Waals surface area contributed by atoms with E-state index in [9.17, 15) is 23.5 Å². The zero-order chi connectivity index (χ0) is 21.1. The van der Waals surface area contributed by atoms with Crippen molar-refractivity contribution in [1.82, 2.24) is 0 Å². The molecular weight excluding hydrogens is 390 g/mol. The first kappa shape index (κ1) is 20.1. The van der Waals surface area contributed by atoms with Gasteiger partial charge in [0.05, 0.1) is 12.7 Å². The number of phenols is 1. The van der Waals surface area contributed by atoms with E-state index in [0.29, 0.717) is 16.5 Å². The number of carbonyl (C=O) groups is 1. The number of methoxy groups -OCH3 is 1. The number of ether oxygens (including phenoxy) is 3. The summed E-state index contributed by atoms with van der Waals surface area (Å²) in [5, 5.41) is 10.3. The van der Waals surface area contributed by atoms with Crippen LogP contribution in [0.2, 0.25) is 0 Å². The summed E-state index contributed by atoms with van der Waals surface area (Å²) in [7, 11) is 1.25. The van der Waals surface area contributed by atoms with Crippen LogP contribution in [-0.4, -0.2) is 24.8 Å². The van der Waals surface area contributed by atoms with E-state index in [0.717, 1.165) is 0 Å². The van der Waals surface area contributed by atoms with Crippen LogP contribution in [0.15, 0.2) is 45.6 Å². The highest BCUT2D eigenvalue weighted by atomic mass is 19.3. The number of benzene rings is 2. The topological polar surface area (TPSA) is 95.2 Å². The molecule has 0 spiro atoms. The summed E-state index contributed by atoms with van der Waals surface area (Å²) < 4.78 is 44.4. The lowest BCUT2D eigenvalue weighted by molar-refractivity contribution is -0.0512. The molecule has 7 nitrogen and oxygen atoms in total. The SMILES string of the molecule is COc1cc(C(=O)OCc2cc(=O)oc3c(C)c(O)ccc23)ccc1OC(F)F. The fourth-order valence-electron chi connectivity index (χ4n) is 2.75. The summed E-state index contributed by atoms with van der Waals surface area (Å²) >= 11 is 0. The van der Waals surface area contributed by atoms with E-state index in [1.165, 1.54) is 37.4 Å².